The van der Waals surface area contributed by atoms with Crippen LogP contribution in [-0.2, 0) is 4.79 Å². The first kappa shape index (κ1) is 11.8. The standard InChI is InChI=1S/C16H15NO2/c1-10-5-3-4-6-13(10)12-7-8-15-14(9-12)17-16(18)11(2)19-15/h3-9,11H,1-2H3,(H,17,18). The van der Waals surface area contributed by atoms with Crippen molar-refractivity contribution in [1.29, 1.82) is 0 Å². The normalized spacial score (nSPS) is 17.4. The number of aryl methyl sites for hydroxylation is 1. The second kappa shape index (κ2) is 4.43. The quantitative estimate of drug-likeness (QED) is 0.846. The Kier molecular flexibility index (Phi) is 2.75. The van der Waals surface area contributed by atoms with Crippen LogP contribution in [0.25, 0.3) is 11.1 Å². The summed E-state index contributed by atoms with van der Waals surface area (Å²) in [5.41, 5.74) is 4.19. The monoisotopic (exact) mass is 253 g/mol. The second-order valence-electron chi connectivity index (χ2n) is 4.78. The number of nitrogens with one attached hydrogen (secondary N) is 1. The van der Waals surface area contributed by atoms with Gasteiger partial charge in [0.1, 0.15) is 5.75 Å². The van der Waals surface area contributed by atoms with Crippen LogP contribution in [0.3, 0.4) is 0 Å². The van der Waals surface area contributed by atoms with E-state index in [0.29, 0.717) is 0 Å². The molecule has 3 nitrogen and oxygen atoms in total. The predicted molar refractivity (Wildman–Crippen MR) is 75.3 cm³/mol. The molecule has 0 saturated carbocycles. The summed E-state index contributed by atoms with van der Waals surface area (Å²) in [7, 11) is 0. The first-order valence-corrected chi connectivity index (χ1v) is 6.33. The molecule has 3 heteroatoms. The molecule has 0 radical (unpaired) electrons. The summed E-state index contributed by atoms with van der Waals surface area (Å²) in [6.45, 7) is 3.82. The molecule has 2 aromatic rings. The van der Waals surface area contributed by atoms with E-state index in [0.717, 1.165) is 22.6 Å². The van der Waals surface area contributed by atoms with Gasteiger partial charge in [-0.25, -0.2) is 0 Å². The second-order valence-corrected chi connectivity index (χ2v) is 4.78. The minimum absolute atomic E-state index is 0.102. The van der Waals surface area contributed by atoms with Gasteiger partial charge in [-0.05, 0) is 42.7 Å². The van der Waals surface area contributed by atoms with Crippen LogP contribution in [0.1, 0.15) is 12.5 Å². The first-order chi connectivity index (χ1) is 9.15. The van der Waals surface area contributed by atoms with Crippen LogP contribution in [0.5, 0.6) is 5.75 Å². The molecule has 0 bridgehead atoms. The van der Waals surface area contributed by atoms with Gasteiger partial charge < -0.3 is 10.1 Å². The molecular formula is C16H15NO2. The zero-order valence-corrected chi connectivity index (χ0v) is 10.9. The zero-order chi connectivity index (χ0) is 13.4. The molecule has 1 aliphatic rings. The number of hydrogen-bond donors (Lipinski definition) is 1. The van der Waals surface area contributed by atoms with E-state index >= 15 is 0 Å². The lowest BCUT2D eigenvalue weighted by atomic mass is 9.99. The molecule has 96 valence electrons. The number of carbonyl (C=O) groups excluding carboxylic acids is 1. The Morgan fingerprint density at radius 3 is 2.74 bits per heavy atom. The van der Waals surface area contributed by atoms with Crippen molar-refractivity contribution in [2.45, 2.75) is 20.0 Å². The molecule has 19 heavy (non-hydrogen) atoms. The van der Waals surface area contributed by atoms with Gasteiger partial charge in [-0.15, -0.1) is 0 Å². The number of carbonyl (C=O) groups is 1. The summed E-state index contributed by atoms with van der Waals surface area (Å²) < 4.78 is 5.55. The molecule has 2 aromatic carbocycles. The van der Waals surface area contributed by atoms with Crippen molar-refractivity contribution in [3.8, 4) is 16.9 Å². The maximum atomic E-state index is 11.6. The van der Waals surface area contributed by atoms with Crippen LogP contribution in [-0.4, -0.2) is 12.0 Å². The van der Waals surface area contributed by atoms with E-state index in [4.69, 9.17) is 4.74 Å². The number of ether oxygens (including phenoxy) is 1. The number of hydrogen-bond acceptors (Lipinski definition) is 2. The van der Waals surface area contributed by atoms with Crippen LogP contribution in [0, 0.1) is 6.92 Å². The predicted octanol–water partition coefficient (Wildman–Crippen LogP) is 3.38. The molecule has 0 aliphatic carbocycles. The van der Waals surface area contributed by atoms with Crippen molar-refractivity contribution in [3.63, 3.8) is 0 Å². The van der Waals surface area contributed by atoms with Crippen LogP contribution >= 0.6 is 0 Å². The van der Waals surface area contributed by atoms with E-state index < -0.39 is 6.10 Å². The van der Waals surface area contributed by atoms with Crippen molar-refractivity contribution in [3.05, 3.63) is 48.0 Å². The maximum absolute atomic E-state index is 11.6. The van der Waals surface area contributed by atoms with Gasteiger partial charge in [0.2, 0.25) is 0 Å². The molecule has 0 spiro atoms. The fourth-order valence-electron chi connectivity index (χ4n) is 2.27. The van der Waals surface area contributed by atoms with Gasteiger partial charge in [-0.2, -0.15) is 0 Å². The highest BCUT2D eigenvalue weighted by Gasteiger charge is 2.23. The van der Waals surface area contributed by atoms with E-state index in [1.165, 1.54) is 5.56 Å². The molecule has 0 saturated heterocycles. The summed E-state index contributed by atoms with van der Waals surface area (Å²) in [4.78, 5) is 11.6. The number of fused-ring (bicyclic) bond motifs is 1. The fraction of sp³-hybridized carbons (Fsp3) is 0.188. The van der Waals surface area contributed by atoms with Crippen molar-refractivity contribution in [2.24, 2.45) is 0 Å². The van der Waals surface area contributed by atoms with Crippen LogP contribution in [0.15, 0.2) is 42.5 Å². The average Bonchev–Trinajstić information content (AvgIpc) is 2.40. The lowest BCUT2D eigenvalue weighted by Gasteiger charge is -2.23. The Hall–Kier alpha value is -2.29. The highest BCUT2D eigenvalue weighted by atomic mass is 16.5. The molecule has 1 unspecified atom stereocenters. The molecule has 1 atom stereocenters. The third kappa shape index (κ3) is 2.08. The molecular weight excluding hydrogens is 238 g/mol. The number of anilines is 1. The molecule has 1 amide bonds. The molecule has 1 heterocycles. The first-order valence-electron chi connectivity index (χ1n) is 6.33. The number of amides is 1. The lowest BCUT2D eigenvalue weighted by molar-refractivity contribution is -0.122. The lowest BCUT2D eigenvalue weighted by Crippen LogP contribution is -2.34. The van der Waals surface area contributed by atoms with Gasteiger partial charge in [0.15, 0.2) is 6.10 Å². The highest BCUT2D eigenvalue weighted by molar-refractivity contribution is 5.98. The van der Waals surface area contributed by atoms with Gasteiger partial charge in [-0.1, -0.05) is 30.3 Å². The summed E-state index contributed by atoms with van der Waals surface area (Å²) in [6.07, 6.45) is -0.434. The Balaban J connectivity index is 2.05. The minimum Gasteiger partial charge on any atom is -0.479 e. The average molecular weight is 253 g/mol. The van der Waals surface area contributed by atoms with E-state index in [9.17, 15) is 4.79 Å². The van der Waals surface area contributed by atoms with Gasteiger partial charge in [-0.3, -0.25) is 4.79 Å². The fourth-order valence-corrected chi connectivity index (χ4v) is 2.27. The van der Waals surface area contributed by atoms with Gasteiger partial charge in [0, 0.05) is 0 Å². The van der Waals surface area contributed by atoms with Crippen molar-refractivity contribution < 1.29 is 9.53 Å². The number of rotatable bonds is 1. The third-order valence-electron chi connectivity index (χ3n) is 3.37. The molecule has 1 aliphatic heterocycles. The van der Waals surface area contributed by atoms with Gasteiger partial charge in [0.25, 0.3) is 5.91 Å². The largest absolute Gasteiger partial charge is 0.479 e. The Morgan fingerprint density at radius 2 is 1.95 bits per heavy atom. The van der Waals surface area contributed by atoms with Crippen LogP contribution in [0.2, 0.25) is 0 Å². The number of benzene rings is 2. The Bertz CT molecular complexity index is 649. The Morgan fingerprint density at radius 1 is 1.16 bits per heavy atom. The van der Waals surface area contributed by atoms with E-state index in [1.807, 2.05) is 30.3 Å². The highest BCUT2D eigenvalue weighted by Crippen LogP contribution is 2.34. The van der Waals surface area contributed by atoms with E-state index in [2.05, 4.69) is 24.4 Å². The van der Waals surface area contributed by atoms with Crippen molar-refractivity contribution in [1.82, 2.24) is 0 Å². The van der Waals surface area contributed by atoms with Crippen molar-refractivity contribution >= 4 is 11.6 Å². The summed E-state index contributed by atoms with van der Waals surface area (Å²) >= 11 is 0. The van der Waals surface area contributed by atoms with Crippen LogP contribution < -0.4 is 10.1 Å². The molecule has 0 aromatic heterocycles. The van der Waals surface area contributed by atoms with E-state index in [1.54, 1.807) is 6.92 Å². The summed E-state index contributed by atoms with van der Waals surface area (Å²) in [6, 6.07) is 14.1. The molecule has 3 rings (SSSR count). The zero-order valence-electron chi connectivity index (χ0n) is 10.9. The SMILES string of the molecule is Cc1ccccc1-c1ccc2c(c1)NC(=O)C(C)O2. The maximum Gasteiger partial charge on any atom is 0.265 e. The van der Waals surface area contributed by atoms with Crippen molar-refractivity contribution in [2.75, 3.05) is 5.32 Å². The summed E-state index contributed by atoms with van der Waals surface area (Å²) in [5, 5.41) is 2.88. The topological polar surface area (TPSA) is 38.3 Å². The molecule has 1 N–H and O–H groups in total. The Labute approximate surface area is 112 Å². The van der Waals surface area contributed by atoms with Gasteiger partial charge in [0.05, 0.1) is 5.69 Å². The molecule has 0 fully saturated rings. The summed E-state index contributed by atoms with van der Waals surface area (Å²) in [5.74, 6) is 0.624. The van der Waals surface area contributed by atoms with Gasteiger partial charge >= 0.3 is 0 Å². The smallest absolute Gasteiger partial charge is 0.265 e. The minimum atomic E-state index is -0.434. The third-order valence-corrected chi connectivity index (χ3v) is 3.37. The van der Waals surface area contributed by atoms with E-state index in [-0.39, 0.29) is 5.91 Å². The van der Waals surface area contributed by atoms with Crippen LogP contribution in [0.4, 0.5) is 5.69 Å².